The van der Waals surface area contributed by atoms with Gasteiger partial charge in [-0.3, -0.25) is 10.1 Å². The summed E-state index contributed by atoms with van der Waals surface area (Å²) in [6, 6.07) is 11.7. The molecule has 0 fully saturated rings. The predicted molar refractivity (Wildman–Crippen MR) is 84.0 cm³/mol. The molecule has 0 unspecified atom stereocenters. The van der Waals surface area contributed by atoms with Crippen molar-refractivity contribution in [3.8, 4) is 11.1 Å². The van der Waals surface area contributed by atoms with Crippen molar-refractivity contribution in [1.29, 1.82) is 0 Å². The summed E-state index contributed by atoms with van der Waals surface area (Å²) in [6.45, 7) is 3.69. The fourth-order valence-electron chi connectivity index (χ4n) is 2.62. The molecule has 0 saturated carbocycles. The third-order valence-electron chi connectivity index (χ3n) is 3.77. The zero-order chi connectivity index (χ0) is 15.9. The summed E-state index contributed by atoms with van der Waals surface area (Å²) in [7, 11) is 0. The lowest BCUT2D eigenvalue weighted by atomic mass is 9.96. The van der Waals surface area contributed by atoms with E-state index in [1.807, 2.05) is 31.2 Å². The van der Waals surface area contributed by atoms with Gasteiger partial charge in [-0.05, 0) is 36.6 Å². The van der Waals surface area contributed by atoms with E-state index in [2.05, 4.69) is 0 Å². The van der Waals surface area contributed by atoms with Crippen molar-refractivity contribution in [2.75, 3.05) is 0 Å². The molecule has 3 rings (SSSR count). The quantitative estimate of drug-likeness (QED) is 0.407. The van der Waals surface area contributed by atoms with Gasteiger partial charge >= 0.3 is 5.63 Å². The SMILES string of the molecule is Cc1ccccc1-c1c(C)c2cc([N+](=O)[O-])ccc2oc1=O. The molecule has 1 heterocycles. The number of nitrogens with zero attached hydrogens (tertiary/aromatic N) is 1. The number of hydrogen-bond acceptors (Lipinski definition) is 4. The first-order chi connectivity index (χ1) is 10.5. The Labute approximate surface area is 126 Å². The molecule has 2 aromatic carbocycles. The highest BCUT2D eigenvalue weighted by Gasteiger charge is 2.17. The molecule has 0 spiro atoms. The molecule has 5 heteroatoms. The van der Waals surface area contributed by atoms with Gasteiger partial charge in [-0.1, -0.05) is 24.3 Å². The van der Waals surface area contributed by atoms with E-state index in [9.17, 15) is 14.9 Å². The van der Waals surface area contributed by atoms with Crippen LogP contribution in [-0.2, 0) is 0 Å². The Hall–Kier alpha value is -2.95. The monoisotopic (exact) mass is 295 g/mol. The molecule has 0 atom stereocenters. The van der Waals surface area contributed by atoms with Crippen molar-refractivity contribution >= 4 is 16.7 Å². The molecule has 0 radical (unpaired) electrons. The summed E-state index contributed by atoms with van der Waals surface area (Å²) in [4.78, 5) is 22.8. The Kier molecular flexibility index (Phi) is 3.25. The molecule has 0 aliphatic rings. The predicted octanol–water partition coefficient (Wildman–Crippen LogP) is 3.99. The van der Waals surface area contributed by atoms with E-state index in [0.29, 0.717) is 22.1 Å². The van der Waals surface area contributed by atoms with Crippen LogP contribution in [0, 0.1) is 24.0 Å². The molecule has 110 valence electrons. The summed E-state index contributed by atoms with van der Waals surface area (Å²) in [5, 5.41) is 11.5. The van der Waals surface area contributed by atoms with Crippen LogP contribution in [0.2, 0.25) is 0 Å². The second kappa shape index (κ2) is 5.11. The molecule has 0 N–H and O–H groups in total. The lowest BCUT2D eigenvalue weighted by Crippen LogP contribution is -2.07. The Morgan fingerprint density at radius 2 is 1.82 bits per heavy atom. The standard InChI is InChI=1S/C17H13NO4/c1-10-5-3-4-6-13(10)16-11(2)14-9-12(18(20)21)7-8-15(14)22-17(16)19/h3-9H,1-2H3. The topological polar surface area (TPSA) is 73.3 Å². The van der Waals surface area contributed by atoms with Gasteiger partial charge in [-0.25, -0.2) is 4.79 Å². The van der Waals surface area contributed by atoms with Crippen molar-refractivity contribution in [2.45, 2.75) is 13.8 Å². The molecule has 1 aromatic heterocycles. The Morgan fingerprint density at radius 1 is 1.09 bits per heavy atom. The van der Waals surface area contributed by atoms with E-state index in [0.717, 1.165) is 11.1 Å². The van der Waals surface area contributed by atoms with Gasteiger partial charge in [0.1, 0.15) is 5.58 Å². The van der Waals surface area contributed by atoms with Gasteiger partial charge in [0.2, 0.25) is 0 Å². The summed E-state index contributed by atoms with van der Waals surface area (Å²) >= 11 is 0. The maximum Gasteiger partial charge on any atom is 0.344 e. The normalized spacial score (nSPS) is 10.8. The van der Waals surface area contributed by atoms with Gasteiger partial charge in [0.25, 0.3) is 5.69 Å². The third-order valence-corrected chi connectivity index (χ3v) is 3.77. The first-order valence-electron chi connectivity index (χ1n) is 6.77. The summed E-state index contributed by atoms with van der Waals surface area (Å²) in [5.41, 5.74) is 2.75. The van der Waals surface area contributed by atoms with Crippen LogP contribution in [0.1, 0.15) is 11.1 Å². The second-order valence-electron chi connectivity index (χ2n) is 5.14. The number of hydrogen-bond donors (Lipinski definition) is 0. The van der Waals surface area contributed by atoms with Crippen molar-refractivity contribution in [3.05, 3.63) is 74.1 Å². The average molecular weight is 295 g/mol. The first-order valence-corrected chi connectivity index (χ1v) is 6.77. The van der Waals surface area contributed by atoms with Crippen LogP contribution < -0.4 is 5.63 Å². The van der Waals surface area contributed by atoms with Crippen LogP contribution >= 0.6 is 0 Å². The zero-order valence-corrected chi connectivity index (χ0v) is 12.1. The van der Waals surface area contributed by atoms with Crippen LogP contribution in [-0.4, -0.2) is 4.92 Å². The van der Waals surface area contributed by atoms with E-state index in [4.69, 9.17) is 4.42 Å². The van der Waals surface area contributed by atoms with E-state index in [1.165, 1.54) is 18.2 Å². The summed E-state index contributed by atoms with van der Waals surface area (Å²) < 4.78 is 5.34. The molecule has 3 aromatic rings. The van der Waals surface area contributed by atoms with Crippen LogP contribution in [0.4, 0.5) is 5.69 Å². The number of non-ortho nitro benzene ring substituents is 1. The van der Waals surface area contributed by atoms with E-state index < -0.39 is 10.5 Å². The van der Waals surface area contributed by atoms with E-state index in [-0.39, 0.29) is 5.69 Å². The van der Waals surface area contributed by atoms with Crippen molar-refractivity contribution in [2.24, 2.45) is 0 Å². The number of benzene rings is 2. The fourth-order valence-corrected chi connectivity index (χ4v) is 2.62. The van der Waals surface area contributed by atoms with Gasteiger partial charge in [-0.15, -0.1) is 0 Å². The highest BCUT2D eigenvalue weighted by atomic mass is 16.6. The van der Waals surface area contributed by atoms with E-state index >= 15 is 0 Å². The smallest absolute Gasteiger partial charge is 0.344 e. The molecular formula is C17H13NO4. The maximum atomic E-state index is 12.3. The first kappa shape index (κ1) is 14.0. The lowest BCUT2D eigenvalue weighted by molar-refractivity contribution is -0.384. The Morgan fingerprint density at radius 3 is 2.50 bits per heavy atom. The highest BCUT2D eigenvalue weighted by Crippen LogP contribution is 2.30. The number of rotatable bonds is 2. The molecule has 22 heavy (non-hydrogen) atoms. The average Bonchev–Trinajstić information content (AvgIpc) is 2.48. The Bertz CT molecular complexity index is 957. The van der Waals surface area contributed by atoms with E-state index in [1.54, 1.807) is 6.92 Å². The minimum Gasteiger partial charge on any atom is -0.422 e. The molecule has 0 saturated heterocycles. The van der Waals surface area contributed by atoms with Crippen molar-refractivity contribution in [3.63, 3.8) is 0 Å². The van der Waals surface area contributed by atoms with Crippen molar-refractivity contribution < 1.29 is 9.34 Å². The van der Waals surface area contributed by atoms with Gasteiger partial charge in [0.05, 0.1) is 10.5 Å². The molecule has 0 aliphatic carbocycles. The Balaban J connectivity index is 2.39. The molecule has 5 nitrogen and oxygen atoms in total. The number of nitro benzene ring substituents is 1. The molecule has 0 aliphatic heterocycles. The molecule has 0 amide bonds. The van der Waals surface area contributed by atoms with Gasteiger partial charge in [-0.2, -0.15) is 0 Å². The largest absolute Gasteiger partial charge is 0.422 e. The molecule has 0 bridgehead atoms. The number of fused-ring (bicyclic) bond motifs is 1. The maximum absolute atomic E-state index is 12.3. The van der Waals surface area contributed by atoms with Gasteiger partial charge in [0.15, 0.2) is 0 Å². The zero-order valence-electron chi connectivity index (χ0n) is 12.1. The second-order valence-corrected chi connectivity index (χ2v) is 5.14. The minimum absolute atomic E-state index is 0.0276. The number of nitro groups is 1. The fraction of sp³-hybridized carbons (Fsp3) is 0.118. The van der Waals surface area contributed by atoms with Crippen LogP contribution in [0.15, 0.2) is 51.7 Å². The van der Waals surface area contributed by atoms with Crippen molar-refractivity contribution in [1.82, 2.24) is 0 Å². The van der Waals surface area contributed by atoms with Gasteiger partial charge < -0.3 is 4.42 Å². The van der Waals surface area contributed by atoms with Gasteiger partial charge in [0, 0.05) is 17.5 Å². The minimum atomic E-state index is -0.461. The van der Waals surface area contributed by atoms with Crippen LogP contribution in [0.5, 0.6) is 0 Å². The highest BCUT2D eigenvalue weighted by molar-refractivity contribution is 5.88. The lowest BCUT2D eigenvalue weighted by Gasteiger charge is -2.10. The summed E-state index contributed by atoms with van der Waals surface area (Å²) in [6.07, 6.45) is 0. The summed E-state index contributed by atoms with van der Waals surface area (Å²) in [5.74, 6) is 0. The van der Waals surface area contributed by atoms with Crippen LogP contribution in [0.25, 0.3) is 22.1 Å². The molecular weight excluding hydrogens is 282 g/mol. The third kappa shape index (κ3) is 2.16. The number of aryl methyl sites for hydroxylation is 2. The van der Waals surface area contributed by atoms with Crippen LogP contribution in [0.3, 0.4) is 0 Å².